The molecule has 4 rings (SSSR count). The Kier molecular flexibility index (Phi) is 4.21. The fraction of sp³-hybridized carbons (Fsp3) is 0. The topological polar surface area (TPSA) is 55.1 Å². The van der Waals surface area contributed by atoms with Crippen molar-refractivity contribution in [2.24, 2.45) is 0 Å². The Labute approximate surface area is 157 Å². The molecule has 124 valence electrons. The number of carbonyl (C=O) groups excluding carboxylic acids is 1. The van der Waals surface area contributed by atoms with Gasteiger partial charge in [0, 0.05) is 10.6 Å². The third kappa shape index (κ3) is 3.26. The van der Waals surface area contributed by atoms with E-state index in [4.69, 9.17) is 27.6 Å². The van der Waals surface area contributed by atoms with Crippen molar-refractivity contribution in [3.63, 3.8) is 0 Å². The summed E-state index contributed by atoms with van der Waals surface area (Å²) in [6.07, 6.45) is 0. The van der Waals surface area contributed by atoms with Crippen molar-refractivity contribution in [3.8, 4) is 11.3 Å². The van der Waals surface area contributed by atoms with Crippen LogP contribution in [0.1, 0.15) is 10.6 Å². The van der Waals surface area contributed by atoms with Gasteiger partial charge in [0.25, 0.3) is 5.91 Å². The van der Waals surface area contributed by atoms with Gasteiger partial charge < -0.3 is 4.42 Å². The second kappa shape index (κ2) is 6.52. The summed E-state index contributed by atoms with van der Waals surface area (Å²) >= 11 is 13.3. The predicted octanol–water partition coefficient (Wildman–Crippen LogP) is 6.12. The van der Waals surface area contributed by atoms with Gasteiger partial charge in [-0.05, 0) is 48.5 Å². The lowest BCUT2D eigenvalue weighted by molar-refractivity contribution is 0.0997. The van der Waals surface area contributed by atoms with Crippen LogP contribution in [0.2, 0.25) is 10.0 Å². The summed E-state index contributed by atoms with van der Waals surface area (Å²) in [4.78, 5) is 16.7. The van der Waals surface area contributed by atoms with E-state index in [9.17, 15) is 4.79 Å². The molecule has 0 radical (unpaired) electrons. The van der Waals surface area contributed by atoms with Crippen molar-refractivity contribution in [1.82, 2.24) is 4.98 Å². The number of furan rings is 1. The number of nitrogens with zero attached hydrogens (tertiary/aromatic N) is 1. The van der Waals surface area contributed by atoms with Gasteiger partial charge in [0.1, 0.15) is 11.3 Å². The summed E-state index contributed by atoms with van der Waals surface area (Å²) in [5.74, 6) is 0.430. The van der Waals surface area contributed by atoms with Crippen LogP contribution in [0.4, 0.5) is 5.13 Å². The van der Waals surface area contributed by atoms with Crippen molar-refractivity contribution in [1.29, 1.82) is 0 Å². The second-order valence-corrected chi connectivity index (χ2v) is 7.10. The van der Waals surface area contributed by atoms with Gasteiger partial charge in [0.2, 0.25) is 0 Å². The summed E-state index contributed by atoms with van der Waals surface area (Å²) in [6, 6.07) is 16.1. The summed E-state index contributed by atoms with van der Waals surface area (Å²) in [5.41, 5.74) is 1.51. The summed E-state index contributed by atoms with van der Waals surface area (Å²) < 4.78 is 6.54. The lowest BCUT2D eigenvalue weighted by atomic mass is 10.2. The van der Waals surface area contributed by atoms with Gasteiger partial charge in [-0.2, -0.15) is 0 Å². The molecule has 0 saturated carbocycles. The normalized spacial score (nSPS) is 11.0. The number of fused-ring (bicyclic) bond motifs is 1. The molecule has 0 bridgehead atoms. The van der Waals surface area contributed by atoms with E-state index in [-0.39, 0.29) is 11.7 Å². The van der Waals surface area contributed by atoms with E-state index >= 15 is 0 Å². The van der Waals surface area contributed by atoms with E-state index in [2.05, 4.69) is 10.3 Å². The van der Waals surface area contributed by atoms with E-state index in [0.717, 1.165) is 10.3 Å². The maximum atomic E-state index is 12.4. The molecule has 0 aliphatic carbocycles. The molecule has 0 unspecified atom stereocenters. The number of hydrogen-bond acceptors (Lipinski definition) is 4. The minimum atomic E-state index is -0.365. The van der Waals surface area contributed by atoms with E-state index in [1.54, 1.807) is 30.3 Å². The lowest BCUT2D eigenvalue weighted by Gasteiger charge is -1.99. The number of hydrogen-bond donors (Lipinski definition) is 1. The number of thiazole rings is 1. The van der Waals surface area contributed by atoms with Crippen LogP contribution in [0.3, 0.4) is 0 Å². The highest BCUT2D eigenvalue weighted by molar-refractivity contribution is 7.22. The van der Waals surface area contributed by atoms with Gasteiger partial charge in [0.15, 0.2) is 10.9 Å². The zero-order chi connectivity index (χ0) is 17.4. The van der Waals surface area contributed by atoms with E-state index < -0.39 is 0 Å². The molecule has 1 amide bonds. The molecular formula is C18H10Cl2N2O2S. The molecule has 4 nitrogen and oxygen atoms in total. The Hall–Kier alpha value is -2.34. The zero-order valence-corrected chi connectivity index (χ0v) is 15.0. The van der Waals surface area contributed by atoms with Crippen LogP contribution in [0.25, 0.3) is 21.5 Å². The minimum Gasteiger partial charge on any atom is -0.451 e. The van der Waals surface area contributed by atoms with Crippen molar-refractivity contribution < 1.29 is 9.21 Å². The van der Waals surface area contributed by atoms with Crippen LogP contribution in [-0.2, 0) is 0 Å². The summed E-state index contributed by atoms with van der Waals surface area (Å²) in [5, 5.41) is 4.41. The Morgan fingerprint density at radius 3 is 2.60 bits per heavy atom. The van der Waals surface area contributed by atoms with Crippen molar-refractivity contribution in [2.75, 3.05) is 5.32 Å². The monoisotopic (exact) mass is 388 g/mol. The number of carbonyl (C=O) groups is 1. The van der Waals surface area contributed by atoms with Gasteiger partial charge in [-0.15, -0.1) is 0 Å². The average molecular weight is 389 g/mol. The molecule has 7 heteroatoms. The molecule has 25 heavy (non-hydrogen) atoms. The number of aromatic nitrogens is 1. The first-order valence-electron chi connectivity index (χ1n) is 7.32. The van der Waals surface area contributed by atoms with Gasteiger partial charge >= 0.3 is 0 Å². The van der Waals surface area contributed by atoms with Crippen LogP contribution in [0.5, 0.6) is 0 Å². The van der Waals surface area contributed by atoms with E-state index in [1.807, 2.05) is 24.3 Å². The molecule has 0 aliphatic heterocycles. The highest BCUT2D eigenvalue weighted by atomic mass is 35.5. The first kappa shape index (κ1) is 16.1. The lowest BCUT2D eigenvalue weighted by Crippen LogP contribution is -2.10. The Morgan fingerprint density at radius 2 is 1.84 bits per heavy atom. The molecule has 0 aliphatic rings. The van der Waals surface area contributed by atoms with Crippen LogP contribution < -0.4 is 5.32 Å². The van der Waals surface area contributed by atoms with Crippen LogP contribution in [0, 0.1) is 0 Å². The first-order valence-corrected chi connectivity index (χ1v) is 8.89. The van der Waals surface area contributed by atoms with Gasteiger partial charge in [0.05, 0.1) is 9.72 Å². The zero-order valence-electron chi connectivity index (χ0n) is 12.6. The molecule has 2 aromatic heterocycles. The number of halogens is 2. The predicted molar refractivity (Wildman–Crippen MR) is 102 cm³/mol. The van der Waals surface area contributed by atoms with Gasteiger partial charge in [-0.3, -0.25) is 10.1 Å². The molecule has 0 fully saturated rings. The second-order valence-electron chi connectivity index (χ2n) is 5.23. The quantitative estimate of drug-likeness (QED) is 0.460. The number of para-hydroxylation sites is 1. The number of benzene rings is 2. The van der Waals surface area contributed by atoms with Crippen molar-refractivity contribution in [3.05, 3.63) is 70.4 Å². The molecule has 0 spiro atoms. The van der Waals surface area contributed by atoms with Crippen LogP contribution in [-0.4, -0.2) is 10.9 Å². The van der Waals surface area contributed by atoms with E-state index in [1.165, 1.54) is 11.3 Å². The van der Waals surface area contributed by atoms with Crippen LogP contribution in [0.15, 0.2) is 59.0 Å². The largest absolute Gasteiger partial charge is 0.451 e. The Bertz CT molecular complexity index is 1070. The SMILES string of the molecule is O=C(Nc1nc2c(Cl)cccc2s1)c1ccc(-c2ccc(Cl)cc2)o1. The highest BCUT2D eigenvalue weighted by Crippen LogP contribution is 2.31. The molecule has 4 aromatic rings. The Morgan fingerprint density at radius 1 is 1.04 bits per heavy atom. The van der Waals surface area contributed by atoms with Crippen LogP contribution >= 0.6 is 34.5 Å². The fourth-order valence-electron chi connectivity index (χ4n) is 2.36. The van der Waals surface area contributed by atoms with E-state index in [0.29, 0.717) is 26.5 Å². The van der Waals surface area contributed by atoms with Gasteiger partial charge in [-0.1, -0.05) is 40.6 Å². The maximum Gasteiger partial charge on any atom is 0.293 e. The van der Waals surface area contributed by atoms with Crippen molar-refractivity contribution >= 4 is 55.8 Å². The minimum absolute atomic E-state index is 0.204. The standard InChI is InChI=1S/C18H10Cl2N2O2S/c19-11-6-4-10(5-7-11)13-8-9-14(24-13)17(23)22-18-21-16-12(20)2-1-3-15(16)25-18/h1-9H,(H,21,22,23). The molecule has 2 heterocycles. The maximum absolute atomic E-state index is 12.4. The van der Waals surface area contributed by atoms with Gasteiger partial charge in [-0.25, -0.2) is 4.98 Å². The number of anilines is 1. The molecule has 0 saturated heterocycles. The number of rotatable bonds is 3. The molecule has 1 N–H and O–H groups in total. The summed E-state index contributed by atoms with van der Waals surface area (Å²) in [7, 11) is 0. The highest BCUT2D eigenvalue weighted by Gasteiger charge is 2.15. The summed E-state index contributed by atoms with van der Waals surface area (Å²) in [6.45, 7) is 0. The van der Waals surface area contributed by atoms with Crippen molar-refractivity contribution in [2.45, 2.75) is 0 Å². The smallest absolute Gasteiger partial charge is 0.293 e. The number of nitrogens with one attached hydrogen (secondary N) is 1. The third-order valence-corrected chi connectivity index (χ3v) is 5.04. The Balaban J connectivity index is 1.56. The first-order chi connectivity index (χ1) is 12.1. The molecule has 2 aromatic carbocycles. The number of amides is 1. The third-order valence-electron chi connectivity index (χ3n) is 3.55. The average Bonchev–Trinajstić information content (AvgIpc) is 3.23. The molecular weight excluding hydrogens is 379 g/mol. The fourth-order valence-corrected chi connectivity index (χ4v) is 3.64. The molecule has 0 atom stereocenters.